The van der Waals surface area contributed by atoms with E-state index in [0.717, 1.165) is 12.3 Å². The van der Waals surface area contributed by atoms with E-state index in [4.69, 9.17) is 11.6 Å². The fourth-order valence-electron chi connectivity index (χ4n) is 1.68. The second kappa shape index (κ2) is 4.70. The van der Waals surface area contributed by atoms with Gasteiger partial charge >= 0.3 is 6.18 Å². The van der Waals surface area contributed by atoms with Crippen LogP contribution in [0.3, 0.4) is 0 Å². The quantitative estimate of drug-likeness (QED) is 0.734. The van der Waals surface area contributed by atoms with Crippen LogP contribution in [0.5, 0.6) is 0 Å². The van der Waals surface area contributed by atoms with Gasteiger partial charge in [0.15, 0.2) is 0 Å². The normalized spacial score (nSPS) is 20.6. The van der Waals surface area contributed by atoms with Crippen molar-refractivity contribution in [3.63, 3.8) is 0 Å². The van der Waals surface area contributed by atoms with E-state index in [-0.39, 0.29) is 29.2 Å². The Morgan fingerprint density at radius 3 is 2.67 bits per heavy atom. The van der Waals surface area contributed by atoms with Crippen LogP contribution in [0.25, 0.3) is 0 Å². The zero-order valence-corrected chi connectivity index (χ0v) is 11.2. The lowest BCUT2D eigenvalue weighted by Gasteiger charge is -2.17. The molecule has 1 aromatic rings. The number of alkyl halides is 4. The Balaban J connectivity index is 2.39. The van der Waals surface area contributed by atoms with Crippen LogP contribution in [-0.2, 0) is 11.0 Å². The second-order valence-electron chi connectivity index (χ2n) is 3.83. The molecule has 0 spiro atoms. The van der Waals surface area contributed by atoms with Gasteiger partial charge in [-0.2, -0.15) is 13.2 Å². The first kappa shape index (κ1) is 13.6. The smallest absolute Gasteiger partial charge is 0.295 e. The zero-order chi connectivity index (χ0) is 13.5. The first-order valence-electron chi connectivity index (χ1n) is 4.96. The van der Waals surface area contributed by atoms with Crippen LogP contribution in [0, 0.1) is 0 Å². The van der Waals surface area contributed by atoms with Gasteiger partial charge in [0.25, 0.3) is 0 Å². The summed E-state index contributed by atoms with van der Waals surface area (Å²) in [5.41, 5.74) is -0.863. The maximum Gasteiger partial charge on any atom is 0.417 e. The Bertz CT molecular complexity index is 495. The van der Waals surface area contributed by atoms with Gasteiger partial charge in [-0.15, -0.1) is 11.6 Å². The Kier molecular flexibility index (Phi) is 3.55. The van der Waals surface area contributed by atoms with Gasteiger partial charge in [0.05, 0.1) is 10.9 Å². The molecule has 8 heteroatoms. The Morgan fingerprint density at radius 2 is 2.17 bits per heavy atom. The monoisotopic (exact) mass is 342 g/mol. The molecule has 2 heterocycles. The van der Waals surface area contributed by atoms with Crippen LogP contribution < -0.4 is 4.90 Å². The summed E-state index contributed by atoms with van der Waals surface area (Å²) in [5.74, 6) is -0.350. The number of hydrogen-bond donors (Lipinski definition) is 0. The average molecular weight is 344 g/mol. The van der Waals surface area contributed by atoms with Crippen molar-refractivity contribution in [1.29, 1.82) is 0 Å². The molecule has 18 heavy (non-hydrogen) atoms. The van der Waals surface area contributed by atoms with Crippen LogP contribution in [-0.4, -0.2) is 22.8 Å². The number of carbonyl (C=O) groups is 1. The number of pyridine rings is 1. The van der Waals surface area contributed by atoms with Gasteiger partial charge in [0.2, 0.25) is 5.91 Å². The number of aromatic nitrogens is 1. The lowest BCUT2D eigenvalue weighted by molar-refractivity contribution is -0.138. The topological polar surface area (TPSA) is 33.2 Å². The highest BCUT2D eigenvalue weighted by atomic mass is 79.9. The molecule has 1 fully saturated rings. The standard InChI is InChI=1S/C10H7BrClF3N2O/c11-7-3-16-8(2-6(7)10(13,14)15)17-4-5(12)1-9(17)18/h2-3,5H,1,4H2. The Labute approximate surface area is 114 Å². The van der Waals surface area contributed by atoms with Crippen LogP contribution in [0.4, 0.5) is 19.0 Å². The van der Waals surface area contributed by atoms with Gasteiger partial charge in [0.1, 0.15) is 5.82 Å². The van der Waals surface area contributed by atoms with Gasteiger partial charge in [-0.25, -0.2) is 4.98 Å². The summed E-state index contributed by atoms with van der Waals surface area (Å²) in [7, 11) is 0. The lowest BCUT2D eigenvalue weighted by Crippen LogP contribution is -2.26. The third-order valence-electron chi connectivity index (χ3n) is 2.50. The second-order valence-corrected chi connectivity index (χ2v) is 5.30. The van der Waals surface area contributed by atoms with Crippen molar-refractivity contribution in [3.8, 4) is 0 Å². The molecule has 0 N–H and O–H groups in total. The van der Waals surface area contributed by atoms with Crippen molar-refractivity contribution in [3.05, 3.63) is 22.3 Å². The van der Waals surface area contributed by atoms with Crippen LogP contribution >= 0.6 is 27.5 Å². The molecule has 98 valence electrons. The van der Waals surface area contributed by atoms with Gasteiger partial charge in [-0.3, -0.25) is 9.69 Å². The minimum atomic E-state index is -4.50. The van der Waals surface area contributed by atoms with Crippen molar-refractivity contribution < 1.29 is 18.0 Å². The molecule has 0 bridgehead atoms. The van der Waals surface area contributed by atoms with Crippen LogP contribution in [0.15, 0.2) is 16.7 Å². The first-order chi connectivity index (χ1) is 8.29. The molecule has 1 atom stereocenters. The molecule has 3 nitrogen and oxygen atoms in total. The van der Waals surface area contributed by atoms with Crippen molar-refractivity contribution in [2.24, 2.45) is 0 Å². The number of nitrogens with zero attached hydrogens (tertiary/aromatic N) is 2. The number of rotatable bonds is 1. The molecule has 0 saturated carbocycles. The number of halogens is 5. The van der Waals surface area contributed by atoms with Crippen molar-refractivity contribution in [1.82, 2.24) is 4.98 Å². The summed E-state index contributed by atoms with van der Waals surface area (Å²) in [6.45, 7) is 0.173. The summed E-state index contributed by atoms with van der Waals surface area (Å²) in [5, 5.41) is -0.391. The molecule has 1 unspecified atom stereocenters. The van der Waals surface area contributed by atoms with E-state index in [9.17, 15) is 18.0 Å². The number of hydrogen-bond acceptors (Lipinski definition) is 2. The summed E-state index contributed by atoms with van der Waals surface area (Å²) in [6.07, 6.45) is -3.35. The summed E-state index contributed by atoms with van der Waals surface area (Å²) < 4.78 is 37.9. The maximum atomic E-state index is 12.7. The molecule has 0 aliphatic carbocycles. The highest BCUT2D eigenvalue weighted by molar-refractivity contribution is 9.10. The molecule has 1 amide bonds. The van der Waals surface area contributed by atoms with Gasteiger partial charge < -0.3 is 0 Å². The third-order valence-corrected chi connectivity index (χ3v) is 3.42. The molecular formula is C10H7BrClF3N2O. The predicted molar refractivity (Wildman–Crippen MR) is 63.6 cm³/mol. The SMILES string of the molecule is O=C1CC(Cl)CN1c1cc(C(F)(F)F)c(Br)cn1. The average Bonchev–Trinajstić information content (AvgIpc) is 2.57. The molecule has 0 radical (unpaired) electrons. The Hall–Kier alpha value is -0.820. The van der Waals surface area contributed by atoms with E-state index < -0.39 is 17.1 Å². The van der Waals surface area contributed by atoms with Crippen molar-refractivity contribution in [2.75, 3.05) is 11.4 Å². The summed E-state index contributed by atoms with van der Waals surface area (Å²) in [6, 6.07) is 0.844. The lowest BCUT2D eigenvalue weighted by atomic mass is 10.2. The summed E-state index contributed by atoms with van der Waals surface area (Å²) in [4.78, 5) is 16.5. The highest BCUT2D eigenvalue weighted by Gasteiger charge is 2.36. The fourth-order valence-corrected chi connectivity index (χ4v) is 2.39. The minimum absolute atomic E-state index is 0.0290. The molecule has 0 aromatic carbocycles. The molecular weight excluding hydrogens is 336 g/mol. The van der Waals surface area contributed by atoms with Crippen molar-refractivity contribution in [2.45, 2.75) is 18.0 Å². The maximum absolute atomic E-state index is 12.7. The minimum Gasteiger partial charge on any atom is -0.295 e. The molecule has 2 rings (SSSR count). The number of amides is 1. The van der Waals surface area contributed by atoms with Crippen molar-refractivity contribution >= 4 is 39.3 Å². The van der Waals surface area contributed by atoms with Gasteiger partial charge in [0, 0.05) is 23.6 Å². The first-order valence-corrected chi connectivity index (χ1v) is 6.19. The third kappa shape index (κ3) is 2.61. The predicted octanol–water partition coefficient (Wildman–Crippen LogP) is 3.21. The number of carbonyl (C=O) groups excluding carboxylic acids is 1. The van der Waals surface area contributed by atoms with Crippen LogP contribution in [0.1, 0.15) is 12.0 Å². The summed E-state index contributed by atoms with van der Waals surface area (Å²) >= 11 is 8.58. The fraction of sp³-hybridized carbons (Fsp3) is 0.400. The molecule has 1 saturated heterocycles. The van der Waals surface area contributed by atoms with Gasteiger partial charge in [-0.1, -0.05) is 0 Å². The van der Waals surface area contributed by atoms with Crippen LogP contribution in [0.2, 0.25) is 0 Å². The highest BCUT2D eigenvalue weighted by Crippen LogP contribution is 2.36. The Morgan fingerprint density at radius 1 is 1.50 bits per heavy atom. The van der Waals surface area contributed by atoms with E-state index >= 15 is 0 Å². The zero-order valence-electron chi connectivity index (χ0n) is 8.84. The largest absolute Gasteiger partial charge is 0.417 e. The molecule has 1 aliphatic rings. The number of anilines is 1. The van der Waals surface area contributed by atoms with E-state index in [2.05, 4.69) is 20.9 Å². The molecule has 1 aromatic heterocycles. The van der Waals surface area contributed by atoms with E-state index in [1.54, 1.807) is 0 Å². The van der Waals surface area contributed by atoms with Gasteiger partial charge in [-0.05, 0) is 22.0 Å². The van der Waals surface area contributed by atoms with E-state index in [1.807, 2.05) is 0 Å². The molecule has 1 aliphatic heterocycles. The van der Waals surface area contributed by atoms with E-state index in [0.29, 0.717) is 0 Å². The van der Waals surface area contributed by atoms with E-state index in [1.165, 1.54) is 4.90 Å².